The molecule has 13 heteroatoms. The van der Waals surface area contributed by atoms with Crippen molar-refractivity contribution in [2.45, 2.75) is 12.6 Å². The summed E-state index contributed by atoms with van der Waals surface area (Å²) in [7, 11) is 0. The van der Waals surface area contributed by atoms with Crippen LogP contribution in [0.25, 0.3) is 0 Å². The van der Waals surface area contributed by atoms with Crippen LogP contribution in [0.2, 0.25) is 0 Å². The molecule has 2 fully saturated rings. The van der Waals surface area contributed by atoms with Crippen molar-refractivity contribution in [2.75, 3.05) is 44.3 Å². The lowest BCUT2D eigenvalue weighted by Gasteiger charge is -2.31. The van der Waals surface area contributed by atoms with Crippen LogP contribution in [0.1, 0.15) is 16.9 Å². The normalized spacial score (nSPS) is 21.4. The van der Waals surface area contributed by atoms with Gasteiger partial charge in [0, 0.05) is 49.4 Å². The molecule has 0 aliphatic carbocycles. The van der Waals surface area contributed by atoms with Crippen LogP contribution >= 0.6 is 11.3 Å². The number of halogens is 3. The van der Waals surface area contributed by atoms with E-state index < -0.39 is 12.1 Å². The zero-order valence-electron chi connectivity index (χ0n) is 16.3. The first-order valence-electron chi connectivity index (χ1n) is 9.27. The molecule has 1 spiro atoms. The standard InChI is InChI=1S/C16H19N5O2S.C2HF3O2/c22-14(13-8-24-12-19-13)20-6-7-23-11-16(9-20)2-5-21(10-16)15-17-3-1-4-18-15;3-2(4,5)1(6)7/h1,3-4,8,12H,2,5-7,9-11H2;(H,6,7). The Labute approximate surface area is 179 Å². The van der Waals surface area contributed by atoms with Crippen LogP contribution in [0.4, 0.5) is 19.1 Å². The molecule has 4 heterocycles. The number of rotatable bonds is 2. The highest BCUT2D eigenvalue weighted by molar-refractivity contribution is 7.07. The van der Waals surface area contributed by atoms with Crippen molar-refractivity contribution in [3.05, 3.63) is 35.0 Å². The summed E-state index contributed by atoms with van der Waals surface area (Å²) < 4.78 is 37.6. The van der Waals surface area contributed by atoms with E-state index in [2.05, 4.69) is 19.9 Å². The summed E-state index contributed by atoms with van der Waals surface area (Å²) in [5, 5.41) is 8.93. The first-order chi connectivity index (χ1) is 14.7. The van der Waals surface area contributed by atoms with Gasteiger partial charge in [-0.25, -0.2) is 19.7 Å². The molecule has 0 bridgehead atoms. The monoisotopic (exact) mass is 459 g/mol. The fraction of sp³-hybridized carbons (Fsp3) is 0.500. The highest BCUT2D eigenvalue weighted by Crippen LogP contribution is 2.35. The number of carboxylic acids is 1. The van der Waals surface area contributed by atoms with E-state index in [9.17, 15) is 18.0 Å². The lowest BCUT2D eigenvalue weighted by molar-refractivity contribution is -0.192. The highest BCUT2D eigenvalue weighted by Gasteiger charge is 2.43. The minimum absolute atomic E-state index is 0.00413. The van der Waals surface area contributed by atoms with Gasteiger partial charge in [0.15, 0.2) is 0 Å². The Hall–Kier alpha value is -2.80. The van der Waals surface area contributed by atoms with Crippen LogP contribution in [-0.2, 0) is 9.53 Å². The summed E-state index contributed by atoms with van der Waals surface area (Å²) in [6.07, 6.45) is -0.601. The highest BCUT2D eigenvalue weighted by atomic mass is 32.1. The van der Waals surface area contributed by atoms with E-state index >= 15 is 0 Å². The third-order valence-corrected chi connectivity index (χ3v) is 5.48. The number of carbonyl (C=O) groups excluding carboxylic acids is 1. The summed E-state index contributed by atoms with van der Waals surface area (Å²) in [6, 6.07) is 1.82. The molecule has 2 saturated heterocycles. The van der Waals surface area contributed by atoms with E-state index in [1.165, 1.54) is 11.3 Å². The van der Waals surface area contributed by atoms with Gasteiger partial charge in [-0.15, -0.1) is 11.3 Å². The molecule has 2 aliphatic rings. The Balaban J connectivity index is 0.000000339. The van der Waals surface area contributed by atoms with Gasteiger partial charge in [-0.3, -0.25) is 4.79 Å². The van der Waals surface area contributed by atoms with Crippen molar-refractivity contribution in [3.8, 4) is 0 Å². The number of amides is 1. The number of alkyl halides is 3. The fourth-order valence-electron chi connectivity index (χ4n) is 3.45. The first kappa shape index (κ1) is 22.9. The number of ether oxygens (including phenoxy) is 1. The molecule has 0 saturated carbocycles. The molecule has 0 aromatic carbocycles. The second-order valence-electron chi connectivity index (χ2n) is 7.18. The molecule has 1 amide bonds. The third kappa shape index (κ3) is 5.88. The molecular formula is C18H20F3N5O4S. The van der Waals surface area contributed by atoms with Crippen molar-refractivity contribution >= 4 is 29.2 Å². The molecule has 2 aromatic heterocycles. The zero-order chi connectivity index (χ0) is 22.5. The molecule has 168 valence electrons. The quantitative estimate of drug-likeness (QED) is 0.726. The fourth-order valence-corrected chi connectivity index (χ4v) is 3.98. The number of carbonyl (C=O) groups is 2. The average molecular weight is 459 g/mol. The minimum Gasteiger partial charge on any atom is -0.475 e. The molecule has 2 aliphatic heterocycles. The lowest BCUT2D eigenvalue weighted by Crippen LogP contribution is -2.43. The summed E-state index contributed by atoms with van der Waals surface area (Å²) in [5.74, 6) is -2.01. The van der Waals surface area contributed by atoms with Gasteiger partial charge in [-0.05, 0) is 12.5 Å². The largest absolute Gasteiger partial charge is 0.490 e. The van der Waals surface area contributed by atoms with Crippen molar-refractivity contribution in [1.29, 1.82) is 0 Å². The van der Waals surface area contributed by atoms with Gasteiger partial charge in [-0.2, -0.15) is 13.2 Å². The summed E-state index contributed by atoms with van der Waals surface area (Å²) in [4.78, 5) is 38.5. The van der Waals surface area contributed by atoms with Gasteiger partial charge < -0.3 is 19.6 Å². The van der Waals surface area contributed by atoms with Gasteiger partial charge in [-0.1, -0.05) is 0 Å². The van der Waals surface area contributed by atoms with Gasteiger partial charge in [0.05, 0.1) is 18.7 Å². The Morgan fingerprint density at radius 3 is 2.48 bits per heavy atom. The first-order valence-corrected chi connectivity index (χ1v) is 10.2. The van der Waals surface area contributed by atoms with Crippen LogP contribution in [0.5, 0.6) is 0 Å². The summed E-state index contributed by atoms with van der Waals surface area (Å²) in [5.41, 5.74) is 2.15. The Kier molecular flexibility index (Phi) is 7.05. The van der Waals surface area contributed by atoms with Crippen LogP contribution in [-0.4, -0.2) is 82.4 Å². The molecule has 0 radical (unpaired) electrons. The molecule has 1 unspecified atom stereocenters. The van der Waals surface area contributed by atoms with E-state index in [1.807, 2.05) is 11.0 Å². The number of nitrogens with zero attached hydrogens (tertiary/aromatic N) is 5. The van der Waals surface area contributed by atoms with Gasteiger partial charge >= 0.3 is 12.1 Å². The number of carboxylic acid groups (broad SMARTS) is 1. The van der Waals surface area contributed by atoms with Crippen molar-refractivity contribution in [3.63, 3.8) is 0 Å². The number of thiazole rings is 1. The molecule has 31 heavy (non-hydrogen) atoms. The maximum absolute atomic E-state index is 12.7. The lowest BCUT2D eigenvalue weighted by atomic mass is 9.87. The number of hydrogen-bond donors (Lipinski definition) is 1. The molecule has 4 rings (SSSR count). The predicted molar refractivity (Wildman–Crippen MR) is 104 cm³/mol. The number of hydrogen-bond acceptors (Lipinski definition) is 8. The van der Waals surface area contributed by atoms with E-state index in [0.29, 0.717) is 32.0 Å². The minimum atomic E-state index is -5.08. The molecular weight excluding hydrogens is 439 g/mol. The van der Waals surface area contributed by atoms with Gasteiger partial charge in [0.2, 0.25) is 5.95 Å². The van der Waals surface area contributed by atoms with Crippen LogP contribution < -0.4 is 4.90 Å². The maximum Gasteiger partial charge on any atom is 0.490 e. The van der Waals surface area contributed by atoms with E-state index in [1.54, 1.807) is 23.3 Å². The topological polar surface area (TPSA) is 109 Å². The van der Waals surface area contributed by atoms with Gasteiger partial charge in [0.25, 0.3) is 5.91 Å². The van der Waals surface area contributed by atoms with Crippen molar-refractivity contribution < 1.29 is 32.6 Å². The Bertz CT molecular complexity index is 884. The SMILES string of the molecule is O=C(O)C(F)(F)F.O=C(c1cscn1)N1CCOCC2(CCN(c3ncccn3)C2)C1. The van der Waals surface area contributed by atoms with Crippen LogP contribution in [0.3, 0.4) is 0 Å². The van der Waals surface area contributed by atoms with E-state index in [4.69, 9.17) is 14.6 Å². The second kappa shape index (κ2) is 9.56. The maximum atomic E-state index is 12.7. The summed E-state index contributed by atoms with van der Waals surface area (Å²) in [6.45, 7) is 4.22. The Morgan fingerprint density at radius 1 is 1.16 bits per heavy atom. The van der Waals surface area contributed by atoms with E-state index in [0.717, 1.165) is 25.5 Å². The van der Waals surface area contributed by atoms with Gasteiger partial charge in [0.1, 0.15) is 5.69 Å². The zero-order valence-corrected chi connectivity index (χ0v) is 17.1. The summed E-state index contributed by atoms with van der Waals surface area (Å²) >= 11 is 1.44. The molecule has 9 nitrogen and oxygen atoms in total. The van der Waals surface area contributed by atoms with Crippen molar-refractivity contribution in [2.24, 2.45) is 5.41 Å². The third-order valence-electron chi connectivity index (χ3n) is 4.89. The number of aliphatic carboxylic acids is 1. The van der Waals surface area contributed by atoms with Crippen LogP contribution in [0.15, 0.2) is 29.4 Å². The molecule has 2 aromatic rings. The van der Waals surface area contributed by atoms with E-state index in [-0.39, 0.29) is 11.3 Å². The Morgan fingerprint density at radius 2 is 1.87 bits per heavy atom. The molecule has 1 N–H and O–H groups in total. The average Bonchev–Trinajstić information content (AvgIpc) is 3.36. The molecule has 1 atom stereocenters. The number of anilines is 1. The van der Waals surface area contributed by atoms with Crippen LogP contribution in [0, 0.1) is 5.41 Å². The van der Waals surface area contributed by atoms with Crippen molar-refractivity contribution in [1.82, 2.24) is 19.9 Å². The predicted octanol–water partition coefficient (Wildman–Crippen LogP) is 1.94. The second-order valence-corrected chi connectivity index (χ2v) is 7.89. The number of aromatic nitrogens is 3. The smallest absolute Gasteiger partial charge is 0.475 e.